The highest BCUT2D eigenvalue weighted by molar-refractivity contribution is 5.79. The van der Waals surface area contributed by atoms with Crippen LogP contribution in [0.2, 0.25) is 0 Å². The Labute approximate surface area is 113 Å². The second-order valence-electron chi connectivity index (χ2n) is 4.26. The van der Waals surface area contributed by atoms with Crippen LogP contribution >= 0.6 is 0 Å². The van der Waals surface area contributed by atoms with Gasteiger partial charge in [-0.05, 0) is 12.1 Å². The third kappa shape index (κ3) is 3.89. The van der Waals surface area contributed by atoms with E-state index in [-0.39, 0.29) is 0 Å². The van der Waals surface area contributed by atoms with Gasteiger partial charge in [0.15, 0.2) is 18.9 Å². The van der Waals surface area contributed by atoms with Crippen molar-refractivity contribution in [2.24, 2.45) is 10.8 Å². The molecule has 0 saturated heterocycles. The van der Waals surface area contributed by atoms with Gasteiger partial charge >= 0.3 is 0 Å². The lowest BCUT2D eigenvalue weighted by atomic mass is 10.3. The Balaban J connectivity index is 2.02. The van der Waals surface area contributed by atoms with Crippen LogP contribution in [0.5, 0.6) is 0 Å². The molecule has 0 atom stereocenters. The van der Waals surface area contributed by atoms with E-state index in [0.717, 1.165) is 17.8 Å². The minimum Gasteiger partial charge on any atom is -0.325 e. The molecule has 0 fully saturated rings. The molecule has 1 aromatic carbocycles. The number of para-hydroxylation sites is 1. The minimum atomic E-state index is 0.648. The Morgan fingerprint density at radius 2 is 1.84 bits per heavy atom. The molecule has 0 bridgehead atoms. The smallest absolute Gasteiger partial charge is 0.169 e. The maximum atomic E-state index is 5.51. The van der Waals surface area contributed by atoms with E-state index in [1.807, 2.05) is 73.1 Å². The molecule has 0 amide bonds. The van der Waals surface area contributed by atoms with Gasteiger partial charge in [0.05, 0.1) is 18.4 Å². The molecule has 4 nitrogen and oxygen atoms in total. The Bertz CT molecular complexity index is 520. The van der Waals surface area contributed by atoms with Crippen LogP contribution < -0.4 is 15.3 Å². The van der Waals surface area contributed by atoms with Crippen molar-refractivity contribution in [3.05, 3.63) is 60.4 Å². The van der Waals surface area contributed by atoms with Crippen LogP contribution in [-0.4, -0.2) is 19.8 Å². The molecule has 0 aliphatic heterocycles. The van der Waals surface area contributed by atoms with Crippen LogP contribution in [-0.2, 0) is 6.54 Å². The van der Waals surface area contributed by atoms with Gasteiger partial charge in [-0.3, -0.25) is 5.01 Å². The summed E-state index contributed by atoms with van der Waals surface area (Å²) in [5, 5.41) is 6.26. The molecule has 0 radical (unpaired) electrons. The van der Waals surface area contributed by atoms with Gasteiger partial charge in [-0.2, -0.15) is 5.10 Å². The Hall–Kier alpha value is -2.20. The quantitative estimate of drug-likeness (QED) is 0.499. The van der Waals surface area contributed by atoms with Crippen molar-refractivity contribution in [1.82, 2.24) is 0 Å². The maximum absolute atomic E-state index is 5.51. The van der Waals surface area contributed by atoms with E-state index < -0.39 is 0 Å². The molecule has 98 valence electrons. The van der Waals surface area contributed by atoms with Crippen molar-refractivity contribution < 1.29 is 4.57 Å². The van der Waals surface area contributed by atoms with Crippen molar-refractivity contribution >= 4 is 11.9 Å². The molecule has 2 N–H and O–H groups in total. The summed E-state index contributed by atoms with van der Waals surface area (Å²) in [6.45, 7) is 1.48. The number of hydrogen-bond donors (Lipinski definition) is 1. The number of aromatic nitrogens is 1. The molecule has 0 spiro atoms. The first kappa shape index (κ1) is 13.2. The van der Waals surface area contributed by atoms with Crippen LogP contribution in [0.3, 0.4) is 0 Å². The molecule has 1 heterocycles. The SMILES string of the molecule is CN(/N=C/c1cc[n+](CCN)cc1)c1ccccc1. The molecule has 19 heavy (non-hydrogen) atoms. The Morgan fingerprint density at radius 3 is 2.47 bits per heavy atom. The van der Waals surface area contributed by atoms with Crippen molar-refractivity contribution in [3.8, 4) is 0 Å². The average molecular weight is 255 g/mol. The fourth-order valence-electron chi connectivity index (χ4n) is 1.72. The Morgan fingerprint density at radius 1 is 1.16 bits per heavy atom. The normalized spacial score (nSPS) is 10.8. The summed E-state index contributed by atoms with van der Waals surface area (Å²) < 4.78 is 2.05. The highest BCUT2D eigenvalue weighted by Crippen LogP contribution is 2.10. The first-order valence-electron chi connectivity index (χ1n) is 6.31. The van der Waals surface area contributed by atoms with Crippen molar-refractivity contribution in [3.63, 3.8) is 0 Å². The van der Waals surface area contributed by atoms with E-state index in [0.29, 0.717) is 6.54 Å². The monoisotopic (exact) mass is 255 g/mol. The lowest BCUT2D eigenvalue weighted by Crippen LogP contribution is -2.36. The van der Waals surface area contributed by atoms with Crippen LogP contribution in [0, 0.1) is 0 Å². The third-order valence-electron chi connectivity index (χ3n) is 2.81. The van der Waals surface area contributed by atoms with Crippen LogP contribution in [0.25, 0.3) is 0 Å². The fourth-order valence-corrected chi connectivity index (χ4v) is 1.72. The highest BCUT2D eigenvalue weighted by atomic mass is 15.4. The molecule has 1 aromatic heterocycles. The summed E-state index contributed by atoms with van der Waals surface area (Å²) in [4.78, 5) is 0. The summed E-state index contributed by atoms with van der Waals surface area (Å²) in [7, 11) is 1.93. The number of anilines is 1. The van der Waals surface area contributed by atoms with Gasteiger partial charge in [0.1, 0.15) is 0 Å². The van der Waals surface area contributed by atoms with E-state index in [9.17, 15) is 0 Å². The minimum absolute atomic E-state index is 0.648. The number of nitrogens with two attached hydrogens (primary N) is 1. The van der Waals surface area contributed by atoms with Gasteiger partial charge < -0.3 is 5.73 Å². The molecule has 0 aliphatic carbocycles. The zero-order chi connectivity index (χ0) is 13.5. The number of hydrogen-bond acceptors (Lipinski definition) is 3. The summed E-state index contributed by atoms with van der Waals surface area (Å²) in [6, 6.07) is 14.1. The van der Waals surface area contributed by atoms with Gasteiger partial charge in [0.25, 0.3) is 0 Å². The van der Waals surface area contributed by atoms with E-state index >= 15 is 0 Å². The molecular weight excluding hydrogens is 236 g/mol. The summed E-state index contributed by atoms with van der Waals surface area (Å²) >= 11 is 0. The molecule has 2 aromatic rings. The molecular formula is C15H19N4+. The summed E-state index contributed by atoms with van der Waals surface area (Å²) in [5.41, 5.74) is 7.64. The number of rotatable bonds is 5. The Kier molecular flexibility index (Phi) is 4.64. The van der Waals surface area contributed by atoms with E-state index in [1.165, 1.54) is 0 Å². The van der Waals surface area contributed by atoms with Gasteiger partial charge in [-0.25, -0.2) is 4.57 Å². The molecule has 2 rings (SSSR count). The van der Waals surface area contributed by atoms with Crippen LogP contribution in [0.15, 0.2) is 60.0 Å². The van der Waals surface area contributed by atoms with Crippen molar-refractivity contribution in [2.45, 2.75) is 6.54 Å². The van der Waals surface area contributed by atoms with E-state index in [4.69, 9.17) is 5.73 Å². The average Bonchev–Trinajstić information content (AvgIpc) is 2.47. The molecule has 0 unspecified atom stereocenters. The number of nitrogens with zero attached hydrogens (tertiary/aromatic N) is 3. The van der Waals surface area contributed by atoms with E-state index in [1.54, 1.807) is 0 Å². The highest BCUT2D eigenvalue weighted by Gasteiger charge is 1.99. The lowest BCUT2D eigenvalue weighted by molar-refractivity contribution is -0.694. The molecule has 0 aliphatic rings. The van der Waals surface area contributed by atoms with Gasteiger partial charge in [0.2, 0.25) is 0 Å². The largest absolute Gasteiger partial charge is 0.325 e. The standard InChI is InChI=1S/C15H19N4/c1-18(15-5-3-2-4-6-15)17-13-14-7-10-19(11-8-14)12-9-16/h2-8,10-11,13H,9,12,16H2,1H3/q+1. The molecule has 0 saturated carbocycles. The zero-order valence-electron chi connectivity index (χ0n) is 11.1. The van der Waals surface area contributed by atoms with Crippen molar-refractivity contribution in [2.75, 3.05) is 18.6 Å². The maximum Gasteiger partial charge on any atom is 0.169 e. The predicted molar refractivity (Wildman–Crippen MR) is 78.1 cm³/mol. The number of benzene rings is 1. The summed E-state index contributed by atoms with van der Waals surface area (Å²) in [5.74, 6) is 0. The summed E-state index contributed by atoms with van der Waals surface area (Å²) in [6.07, 6.45) is 5.87. The second kappa shape index (κ2) is 6.66. The van der Waals surface area contributed by atoms with E-state index in [2.05, 4.69) is 9.67 Å². The number of hydrazone groups is 1. The first-order valence-corrected chi connectivity index (χ1v) is 6.31. The predicted octanol–water partition coefficient (Wildman–Crippen LogP) is 1.40. The molecule has 4 heteroatoms. The topological polar surface area (TPSA) is 45.5 Å². The fraction of sp³-hybridized carbons (Fsp3) is 0.200. The van der Waals surface area contributed by atoms with Crippen molar-refractivity contribution in [1.29, 1.82) is 0 Å². The van der Waals surface area contributed by atoms with Crippen LogP contribution in [0.4, 0.5) is 5.69 Å². The van der Waals surface area contributed by atoms with Gasteiger partial charge in [-0.1, -0.05) is 18.2 Å². The zero-order valence-corrected chi connectivity index (χ0v) is 11.1. The third-order valence-corrected chi connectivity index (χ3v) is 2.81. The second-order valence-corrected chi connectivity index (χ2v) is 4.26. The first-order chi connectivity index (χ1) is 9.29. The van der Waals surface area contributed by atoms with Gasteiger partial charge in [-0.15, -0.1) is 0 Å². The number of pyridine rings is 1. The lowest BCUT2D eigenvalue weighted by Gasteiger charge is -2.11. The van der Waals surface area contributed by atoms with Gasteiger partial charge in [0, 0.05) is 24.7 Å². The van der Waals surface area contributed by atoms with Crippen LogP contribution in [0.1, 0.15) is 5.56 Å².